The summed E-state index contributed by atoms with van der Waals surface area (Å²) in [4.78, 5) is 25.6. The average Bonchev–Trinajstić information content (AvgIpc) is 2.75. The first kappa shape index (κ1) is 23.0. The van der Waals surface area contributed by atoms with E-state index < -0.39 is 15.9 Å². The summed E-state index contributed by atoms with van der Waals surface area (Å²) in [5.41, 5.74) is 1.76. The van der Waals surface area contributed by atoms with E-state index in [1.807, 2.05) is 13.8 Å². The van der Waals surface area contributed by atoms with Gasteiger partial charge < -0.3 is 10.6 Å². The van der Waals surface area contributed by atoms with Gasteiger partial charge in [0.15, 0.2) is 0 Å². The topological polar surface area (TPSA) is 104 Å². The van der Waals surface area contributed by atoms with Crippen molar-refractivity contribution in [2.24, 2.45) is 0 Å². The van der Waals surface area contributed by atoms with E-state index in [-0.39, 0.29) is 22.4 Å². The predicted octanol–water partition coefficient (Wildman–Crippen LogP) is 4.19. The Bertz CT molecular complexity index is 1240. The van der Waals surface area contributed by atoms with Gasteiger partial charge in [-0.25, -0.2) is 8.42 Å². The summed E-state index contributed by atoms with van der Waals surface area (Å²) in [7, 11) is -3.80. The predicted molar refractivity (Wildman–Crippen MR) is 125 cm³/mol. The number of hydrogen-bond donors (Lipinski definition) is 3. The first-order valence-electron chi connectivity index (χ1n) is 10.1. The lowest BCUT2D eigenvalue weighted by atomic mass is 10.1. The van der Waals surface area contributed by atoms with E-state index in [0.29, 0.717) is 22.5 Å². The van der Waals surface area contributed by atoms with E-state index in [1.54, 1.807) is 67.6 Å². The van der Waals surface area contributed by atoms with Gasteiger partial charge in [-0.1, -0.05) is 36.4 Å². The third-order valence-electron chi connectivity index (χ3n) is 4.72. The van der Waals surface area contributed by atoms with Gasteiger partial charge in [0.2, 0.25) is 0 Å². The van der Waals surface area contributed by atoms with Crippen molar-refractivity contribution >= 4 is 33.2 Å². The van der Waals surface area contributed by atoms with Gasteiger partial charge in [-0.3, -0.25) is 14.3 Å². The zero-order valence-corrected chi connectivity index (χ0v) is 18.9. The Balaban J connectivity index is 1.86. The van der Waals surface area contributed by atoms with Gasteiger partial charge in [0.25, 0.3) is 21.8 Å². The molecule has 3 N–H and O–H groups in total. The second-order valence-corrected chi connectivity index (χ2v) is 9.21. The number of hydrogen-bond acceptors (Lipinski definition) is 4. The summed E-state index contributed by atoms with van der Waals surface area (Å²) in [6, 6.07) is 19.4. The molecular weight excluding hydrogens is 426 g/mol. The molecule has 0 unspecified atom stereocenters. The summed E-state index contributed by atoms with van der Waals surface area (Å²) >= 11 is 0. The lowest BCUT2D eigenvalue weighted by molar-refractivity contribution is 0.0944. The highest BCUT2D eigenvalue weighted by Gasteiger charge is 2.19. The molecule has 0 saturated carbocycles. The Labute approximate surface area is 187 Å². The minimum atomic E-state index is -3.80. The Hall–Kier alpha value is -3.65. The molecule has 3 aromatic carbocycles. The number of carbonyl (C=O) groups is 2. The number of benzene rings is 3. The van der Waals surface area contributed by atoms with Crippen LogP contribution in [0, 0.1) is 6.92 Å². The van der Waals surface area contributed by atoms with E-state index in [4.69, 9.17) is 0 Å². The van der Waals surface area contributed by atoms with E-state index in [9.17, 15) is 18.0 Å². The highest BCUT2D eigenvalue weighted by atomic mass is 32.2. The van der Waals surface area contributed by atoms with Gasteiger partial charge >= 0.3 is 0 Å². The van der Waals surface area contributed by atoms with Crippen LogP contribution in [0.25, 0.3) is 0 Å². The lowest BCUT2D eigenvalue weighted by Gasteiger charge is -2.16. The minimum absolute atomic E-state index is 0.0529. The van der Waals surface area contributed by atoms with Crippen molar-refractivity contribution in [2.45, 2.75) is 31.7 Å². The molecule has 0 aliphatic rings. The van der Waals surface area contributed by atoms with Gasteiger partial charge in [-0.2, -0.15) is 0 Å². The molecule has 166 valence electrons. The van der Waals surface area contributed by atoms with Crippen LogP contribution in [0.3, 0.4) is 0 Å². The SMILES string of the molecule is Cc1c(NS(=O)(=O)c2ccccc2)cccc1C(=O)Nc1ccccc1C(=O)NC(C)C. The molecular formula is C24H25N3O4S. The van der Waals surface area contributed by atoms with Crippen molar-refractivity contribution in [1.29, 1.82) is 0 Å². The number of carbonyl (C=O) groups excluding carboxylic acids is 2. The number of rotatable bonds is 7. The van der Waals surface area contributed by atoms with Crippen LogP contribution in [-0.4, -0.2) is 26.3 Å². The molecule has 0 aliphatic heterocycles. The van der Waals surface area contributed by atoms with Crippen LogP contribution >= 0.6 is 0 Å². The molecule has 0 atom stereocenters. The summed E-state index contributed by atoms with van der Waals surface area (Å²) in [6.45, 7) is 5.37. The quantitative estimate of drug-likeness (QED) is 0.501. The third kappa shape index (κ3) is 5.33. The highest BCUT2D eigenvalue weighted by molar-refractivity contribution is 7.92. The summed E-state index contributed by atoms with van der Waals surface area (Å²) in [5.74, 6) is -0.745. The molecule has 2 amide bonds. The van der Waals surface area contributed by atoms with Crippen molar-refractivity contribution < 1.29 is 18.0 Å². The van der Waals surface area contributed by atoms with Crippen LogP contribution in [-0.2, 0) is 10.0 Å². The van der Waals surface area contributed by atoms with E-state index >= 15 is 0 Å². The molecule has 3 aromatic rings. The van der Waals surface area contributed by atoms with Gasteiger partial charge in [0, 0.05) is 11.6 Å². The molecule has 32 heavy (non-hydrogen) atoms. The fourth-order valence-corrected chi connectivity index (χ4v) is 4.26. The smallest absolute Gasteiger partial charge is 0.261 e. The zero-order valence-electron chi connectivity index (χ0n) is 18.0. The van der Waals surface area contributed by atoms with E-state index in [2.05, 4.69) is 15.4 Å². The Morgan fingerprint density at radius 1 is 0.750 bits per heavy atom. The summed E-state index contributed by atoms with van der Waals surface area (Å²) in [5, 5.41) is 5.57. The molecule has 0 fully saturated rings. The standard InChI is InChI=1S/C24H25N3O4S/c1-16(2)25-24(29)20-12-7-8-14-22(20)26-23(28)19-13-9-15-21(17(19)3)27-32(30,31)18-10-5-4-6-11-18/h4-16,27H,1-3H3,(H,25,29)(H,26,28). The molecule has 8 heteroatoms. The van der Waals surface area contributed by atoms with Gasteiger partial charge in [-0.05, 0) is 62.7 Å². The van der Waals surface area contributed by atoms with Crippen molar-refractivity contribution in [3.05, 3.63) is 89.5 Å². The van der Waals surface area contributed by atoms with Crippen LogP contribution in [0.2, 0.25) is 0 Å². The lowest BCUT2D eigenvalue weighted by Crippen LogP contribution is -2.31. The Kier molecular flexibility index (Phi) is 6.95. The Morgan fingerprint density at radius 3 is 2.03 bits per heavy atom. The first-order valence-corrected chi connectivity index (χ1v) is 11.6. The van der Waals surface area contributed by atoms with Crippen molar-refractivity contribution in [3.63, 3.8) is 0 Å². The second kappa shape index (κ2) is 9.65. The highest BCUT2D eigenvalue weighted by Crippen LogP contribution is 2.24. The van der Waals surface area contributed by atoms with Crippen LogP contribution in [0.5, 0.6) is 0 Å². The number of sulfonamides is 1. The molecule has 7 nitrogen and oxygen atoms in total. The van der Waals surface area contributed by atoms with Crippen molar-refractivity contribution in [3.8, 4) is 0 Å². The molecule has 0 spiro atoms. The molecule has 3 rings (SSSR count). The van der Waals surface area contributed by atoms with Crippen LogP contribution in [0.1, 0.15) is 40.1 Å². The normalized spacial score (nSPS) is 11.1. The molecule has 0 bridgehead atoms. The zero-order chi connectivity index (χ0) is 23.3. The largest absolute Gasteiger partial charge is 0.350 e. The Morgan fingerprint density at radius 2 is 1.34 bits per heavy atom. The average molecular weight is 452 g/mol. The first-order chi connectivity index (χ1) is 15.2. The fourth-order valence-electron chi connectivity index (χ4n) is 3.12. The molecule has 0 radical (unpaired) electrons. The molecule has 0 aromatic heterocycles. The molecule has 0 heterocycles. The minimum Gasteiger partial charge on any atom is -0.350 e. The van der Waals surface area contributed by atoms with Crippen molar-refractivity contribution in [1.82, 2.24) is 5.32 Å². The second-order valence-electron chi connectivity index (χ2n) is 7.52. The van der Waals surface area contributed by atoms with Crippen LogP contribution in [0.4, 0.5) is 11.4 Å². The summed E-state index contributed by atoms with van der Waals surface area (Å²) in [6.07, 6.45) is 0. The van der Waals surface area contributed by atoms with E-state index in [1.165, 1.54) is 12.1 Å². The summed E-state index contributed by atoms with van der Waals surface area (Å²) < 4.78 is 27.9. The fraction of sp³-hybridized carbons (Fsp3) is 0.167. The maximum Gasteiger partial charge on any atom is 0.261 e. The molecule has 0 aliphatic carbocycles. The third-order valence-corrected chi connectivity index (χ3v) is 6.10. The van der Waals surface area contributed by atoms with Crippen LogP contribution in [0.15, 0.2) is 77.7 Å². The van der Waals surface area contributed by atoms with Crippen molar-refractivity contribution in [2.75, 3.05) is 10.0 Å². The van der Waals surface area contributed by atoms with E-state index in [0.717, 1.165) is 0 Å². The number of para-hydroxylation sites is 1. The van der Waals surface area contributed by atoms with Gasteiger partial charge in [-0.15, -0.1) is 0 Å². The maximum absolute atomic E-state index is 13.0. The van der Waals surface area contributed by atoms with Crippen LogP contribution < -0.4 is 15.4 Å². The molecule has 0 saturated heterocycles. The number of nitrogens with one attached hydrogen (secondary N) is 3. The number of anilines is 2. The van der Waals surface area contributed by atoms with Gasteiger partial charge in [0.1, 0.15) is 0 Å². The number of amides is 2. The maximum atomic E-state index is 13.0. The van der Waals surface area contributed by atoms with Gasteiger partial charge in [0.05, 0.1) is 21.8 Å². The monoisotopic (exact) mass is 451 g/mol.